The van der Waals surface area contributed by atoms with Crippen LogP contribution in [0.4, 0.5) is 0 Å². The van der Waals surface area contributed by atoms with Crippen molar-refractivity contribution < 1.29 is 14.3 Å². The molecule has 0 bridgehead atoms. The van der Waals surface area contributed by atoms with E-state index in [2.05, 4.69) is 13.8 Å². The van der Waals surface area contributed by atoms with E-state index in [1.807, 2.05) is 37.3 Å². The number of ether oxygens (including phenoxy) is 1. The molecule has 1 aliphatic rings. The number of furan rings is 1. The first kappa shape index (κ1) is 12.3. The Bertz CT molecular complexity index is 610. The molecule has 1 atom stereocenters. The Morgan fingerprint density at radius 3 is 2.68 bits per heavy atom. The lowest BCUT2D eigenvalue weighted by Gasteiger charge is -2.17. The van der Waals surface area contributed by atoms with Gasteiger partial charge in [-0.15, -0.1) is 0 Å². The van der Waals surface area contributed by atoms with Crippen molar-refractivity contribution in [3.05, 3.63) is 53.0 Å². The van der Waals surface area contributed by atoms with Gasteiger partial charge in [-0.2, -0.15) is 0 Å². The lowest BCUT2D eigenvalue weighted by molar-refractivity contribution is 0.187. The molecular weight excluding hydrogens is 240 g/mol. The third kappa shape index (κ3) is 2.04. The van der Waals surface area contributed by atoms with Gasteiger partial charge in [0.15, 0.2) is 0 Å². The van der Waals surface area contributed by atoms with Gasteiger partial charge in [0.2, 0.25) is 0 Å². The van der Waals surface area contributed by atoms with E-state index in [0.29, 0.717) is 12.4 Å². The van der Waals surface area contributed by atoms with E-state index in [-0.39, 0.29) is 5.41 Å². The van der Waals surface area contributed by atoms with Crippen LogP contribution in [0.5, 0.6) is 5.75 Å². The summed E-state index contributed by atoms with van der Waals surface area (Å²) in [6, 6.07) is 9.51. The zero-order valence-corrected chi connectivity index (χ0v) is 11.4. The molecule has 0 radical (unpaired) electrons. The highest BCUT2D eigenvalue weighted by Crippen LogP contribution is 2.40. The molecule has 100 valence electrons. The number of aryl methyl sites for hydroxylation is 1. The average molecular weight is 258 g/mol. The molecule has 1 unspecified atom stereocenters. The lowest BCUT2D eigenvalue weighted by atomic mass is 9.85. The molecule has 3 nitrogen and oxygen atoms in total. The number of aliphatic hydroxyl groups is 1. The Morgan fingerprint density at radius 1 is 1.21 bits per heavy atom. The second-order valence-corrected chi connectivity index (χ2v) is 5.78. The van der Waals surface area contributed by atoms with E-state index in [4.69, 9.17) is 9.15 Å². The van der Waals surface area contributed by atoms with E-state index in [0.717, 1.165) is 22.6 Å². The summed E-state index contributed by atoms with van der Waals surface area (Å²) in [6.45, 7) is 6.84. The highest BCUT2D eigenvalue weighted by molar-refractivity contribution is 5.46. The molecule has 0 fully saturated rings. The predicted molar refractivity (Wildman–Crippen MR) is 72.5 cm³/mol. The summed E-state index contributed by atoms with van der Waals surface area (Å²) < 4.78 is 11.1. The molecule has 3 rings (SSSR count). The van der Waals surface area contributed by atoms with Gasteiger partial charge in [-0.05, 0) is 36.8 Å². The Kier molecular flexibility index (Phi) is 2.68. The fourth-order valence-electron chi connectivity index (χ4n) is 2.47. The predicted octanol–water partition coefficient (Wildman–Crippen LogP) is 3.34. The molecule has 1 aromatic heterocycles. The van der Waals surface area contributed by atoms with E-state index >= 15 is 0 Å². The summed E-state index contributed by atoms with van der Waals surface area (Å²) >= 11 is 0. The zero-order valence-electron chi connectivity index (χ0n) is 11.4. The Labute approximate surface area is 112 Å². The Morgan fingerprint density at radius 2 is 2.00 bits per heavy atom. The summed E-state index contributed by atoms with van der Waals surface area (Å²) in [5.74, 6) is 2.30. The van der Waals surface area contributed by atoms with Crippen molar-refractivity contribution in [1.29, 1.82) is 0 Å². The molecular formula is C16H18O3. The van der Waals surface area contributed by atoms with Crippen molar-refractivity contribution in [1.82, 2.24) is 0 Å². The van der Waals surface area contributed by atoms with Crippen molar-refractivity contribution in [2.75, 3.05) is 6.61 Å². The van der Waals surface area contributed by atoms with Gasteiger partial charge in [0.05, 0.1) is 6.61 Å². The van der Waals surface area contributed by atoms with Crippen molar-refractivity contribution >= 4 is 0 Å². The maximum atomic E-state index is 10.4. The monoisotopic (exact) mass is 258 g/mol. The van der Waals surface area contributed by atoms with Gasteiger partial charge in [-0.25, -0.2) is 0 Å². The Hall–Kier alpha value is -1.74. The number of rotatable bonds is 2. The largest absolute Gasteiger partial charge is 0.492 e. The maximum Gasteiger partial charge on any atom is 0.137 e. The molecule has 19 heavy (non-hydrogen) atoms. The molecule has 0 saturated heterocycles. The fraction of sp³-hybridized carbons (Fsp3) is 0.375. The minimum atomic E-state index is -0.726. The van der Waals surface area contributed by atoms with E-state index in [1.165, 1.54) is 0 Å². The highest BCUT2D eigenvalue weighted by Gasteiger charge is 2.32. The number of fused-ring (bicyclic) bond motifs is 1. The van der Waals surface area contributed by atoms with Crippen LogP contribution in [-0.2, 0) is 5.41 Å². The molecule has 2 aromatic rings. The molecule has 0 amide bonds. The van der Waals surface area contributed by atoms with Gasteiger partial charge < -0.3 is 14.3 Å². The second-order valence-electron chi connectivity index (χ2n) is 5.78. The Balaban J connectivity index is 1.99. The molecule has 3 heteroatoms. The van der Waals surface area contributed by atoms with Crippen molar-refractivity contribution in [2.24, 2.45) is 0 Å². The topological polar surface area (TPSA) is 42.6 Å². The average Bonchev–Trinajstić information content (AvgIpc) is 2.93. The van der Waals surface area contributed by atoms with Gasteiger partial charge >= 0.3 is 0 Å². The third-order valence-corrected chi connectivity index (χ3v) is 3.67. The molecule has 1 aliphatic heterocycles. The standard InChI is InChI=1S/C16H18O3/c1-10-4-6-14(19-10)15(17)11-5-7-13-12(8-11)16(2,3)9-18-13/h4-8,15,17H,9H2,1-3H3. The van der Waals surface area contributed by atoms with Crippen LogP contribution in [0.3, 0.4) is 0 Å². The molecule has 0 aliphatic carbocycles. The van der Waals surface area contributed by atoms with Crippen LogP contribution in [0, 0.1) is 6.92 Å². The maximum absolute atomic E-state index is 10.4. The van der Waals surface area contributed by atoms with E-state index in [9.17, 15) is 5.11 Å². The zero-order chi connectivity index (χ0) is 13.6. The van der Waals surface area contributed by atoms with Gasteiger partial charge in [-0.3, -0.25) is 0 Å². The molecule has 2 heterocycles. The first-order valence-corrected chi connectivity index (χ1v) is 6.49. The number of aliphatic hydroxyl groups excluding tert-OH is 1. The van der Waals surface area contributed by atoms with E-state index < -0.39 is 6.10 Å². The van der Waals surface area contributed by atoms with Crippen LogP contribution in [0.25, 0.3) is 0 Å². The van der Waals surface area contributed by atoms with Crippen molar-refractivity contribution in [3.63, 3.8) is 0 Å². The second kappa shape index (κ2) is 4.14. The van der Waals surface area contributed by atoms with Crippen LogP contribution in [-0.4, -0.2) is 11.7 Å². The fourth-order valence-corrected chi connectivity index (χ4v) is 2.47. The first-order valence-electron chi connectivity index (χ1n) is 6.49. The quantitative estimate of drug-likeness (QED) is 0.898. The summed E-state index contributed by atoms with van der Waals surface area (Å²) in [5, 5.41) is 10.4. The smallest absolute Gasteiger partial charge is 0.137 e. The van der Waals surface area contributed by atoms with Crippen LogP contribution >= 0.6 is 0 Å². The summed E-state index contributed by atoms with van der Waals surface area (Å²) in [6.07, 6.45) is -0.726. The number of benzene rings is 1. The van der Waals surface area contributed by atoms with Gasteiger partial charge in [0.25, 0.3) is 0 Å². The first-order chi connectivity index (χ1) is 8.97. The summed E-state index contributed by atoms with van der Waals surface area (Å²) in [5.41, 5.74) is 1.98. The third-order valence-electron chi connectivity index (χ3n) is 3.67. The number of hydrogen-bond donors (Lipinski definition) is 1. The molecule has 0 saturated carbocycles. The van der Waals surface area contributed by atoms with Crippen LogP contribution < -0.4 is 4.74 Å². The van der Waals surface area contributed by atoms with Crippen molar-refractivity contribution in [3.8, 4) is 5.75 Å². The molecule has 1 aromatic carbocycles. The van der Waals surface area contributed by atoms with Crippen LogP contribution in [0.2, 0.25) is 0 Å². The summed E-state index contributed by atoms with van der Waals surface area (Å²) in [4.78, 5) is 0. The van der Waals surface area contributed by atoms with Gasteiger partial charge in [0, 0.05) is 11.0 Å². The lowest BCUT2D eigenvalue weighted by Crippen LogP contribution is -2.18. The van der Waals surface area contributed by atoms with Crippen molar-refractivity contribution in [2.45, 2.75) is 32.3 Å². The highest BCUT2D eigenvalue weighted by atomic mass is 16.5. The minimum Gasteiger partial charge on any atom is -0.492 e. The number of hydrogen-bond acceptors (Lipinski definition) is 3. The molecule has 0 spiro atoms. The minimum absolute atomic E-state index is 0.00978. The SMILES string of the molecule is Cc1ccc(C(O)c2ccc3c(c2)C(C)(C)CO3)o1. The van der Waals surface area contributed by atoms with Crippen LogP contribution in [0.15, 0.2) is 34.7 Å². The van der Waals surface area contributed by atoms with Gasteiger partial charge in [0.1, 0.15) is 23.4 Å². The van der Waals surface area contributed by atoms with E-state index in [1.54, 1.807) is 0 Å². The van der Waals surface area contributed by atoms with Gasteiger partial charge in [-0.1, -0.05) is 19.9 Å². The molecule has 1 N–H and O–H groups in total. The van der Waals surface area contributed by atoms with Crippen LogP contribution in [0.1, 0.15) is 42.6 Å². The summed E-state index contributed by atoms with van der Waals surface area (Å²) in [7, 11) is 0. The normalized spacial score (nSPS) is 17.9.